The molecule has 0 aliphatic carbocycles. The summed E-state index contributed by atoms with van der Waals surface area (Å²) < 4.78 is 1.07. The van der Waals surface area contributed by atoms with Crippen LogP contribution in [0.2, 0.25) is 0 Å². The molecule has 0 radical (unpaired) electrons. The third-order valence-corrected chi connectivity index (χ3v) is 3.95. The van der Waals surface area contributed by atoms with E-state index in [9.17, 15) is 5.11 Å². The van der Waals surface area contributed by atoms with E-state index in [0.717, 1.165) is 35.2 Å². The number of rotatable bonds is 8. The van der Waals surface area contributed by atoms with Gasteiger partial charge in [0, 0.05) is 24.1 Å². The molecule has 0 aromatic heterocycles. The van der Waals surface area contributed by atoms with Crippen molar-refractivity contribution in [2.45, 2.75) is 19.4 Å². The van der Waals surface area contributed by atoms with Crippen LogP contribution in [0.1, 0.15) is 23.7 Å². The molecular formula is C16H22BrNO. The molecule has 0 amide bonds. The molecule has 0 bridgehead atoms. The van der Waals surface area contributed by atoms with Crippen molar-refractivity contribution in [2.75, 3.05) is 19.6 Å². The topological polar surface area (TPSA) is 23.5 Å². The molecule has 1 atom stereocenters. The summed E-state index contributed by atoms with van der Waals surface area (Å²) in [5, 5.41) is 10.2. The number of aliphatic hydroxyl groups excluding tert-OH is 1. The third-order valence-electron chi connectivity index (χ3n) is 3.06. The highest BCUT2D eigenvalue weighted by Gasteiger charge is 2.10. The van der Waals surface area contributed by atoms with Crippen LogP contribution < -0.4 is 0 Å². The molecule has 1 aromatic rings. The molecule has 1 rings (SSSR count). The van der Waals surface area contributed by atoms with Gasteiger partial charge >= 0.3 is 0 Å². The lowest BCUT2D eigenvalue weighted by molar-refractivity contribution is 0.148. The lowest BCUT2D eigenvalue weighted by Crippen LogP contribution is -2.26. The fourth-order valence-corrected chi connectivity index (χ4v) is 2.22. The van der Waals surface area contributed by atoms with Gasteiger partial charge in [-0.15, -0.1) is 13.2 Å². The summed E-state index contributed by atoms with van der Waals surface area (Å²) in [4.78, 5) is 2.20. The number of benzene rings is 1. The lowest BCUT2D eigenvalue weighted by atomic mass is 10.0. The SMILES string of the molecule is C=CCN(CC=C)CCC(O)c1ccc(Br)c(C)c1. The Balaban J connectivity index is 2.57. The van der Waals surface area contributed by atoms with E-state index >= 15 is 0 Å². The minimum Gasteiger partial charge on any atom is -0.388 e. The van der Waals surface area contributed by atoms with Crippen LogP contribution in [-0.4, -0.2) is 29.6 Å². The van der Waals surface area contributed by atoms with Crippen molar-refractivity contribution in [3.63, 3.8) is 0 Å². The van der Waals surface area contributed by atoms with Crippen LogP contribution in [0.4, 0.5) is 0 Å². The van der Waals surface area contributed by atoms with Crippen LogP contribution >= 0.6 is 15.9 Å². The number of aliphatic hydroxyl groups is 1. The van der Waals surface area contributed by atoms with E-state index in [-0.39, 0.29) is 0 Å². The Morgan fingerprint density at radius 1 is 1.32 bits per heavy atom. The van der Waals surface area contributed by atoms with Crippen LogP contribution in [0.15, 0.2) is 48.0 Å². The van der Waals surface area contributed by atoms with Crippen molar-refractivity contribution in [1.29, 1.82) is 0 Å². The second-order valence-electron chi connectivity index (χ2n) is 4.65. The van der Waals surface area contributed by atoms with E-state index in [1.165, 1.54) is 0 Å². The second-order valence-corrected chi connectivity index (χ2v) is 5.50. The molecule has 0 spiro atoms. The molecule has 104 valence electrons. The highest BCUT2D eigenvalue weighted by molar-refractivity contribution is 9.10. The maximum atomic E-state index is 10.2. The molecule has 3 heteroatoms. The van der Waals surface area contributed by atoms with Gasteiger partial charge in [0.2, 0.25) is 0 Å². The van der Waals surface area contributed by atoms with Crippen molar-refractivity contribution in [2.24, 2.45) is 0 Å². The first-order valence-corrected chi connectivity index (χ1v) is 7.26. The normalized spacial score (nSPS) is 12.4. The Morgan fingerprint density at radius 2 is 1.95 bits per heavy atom. The van der Waals surface area contributed by atoms with Crippen LogP contribution in [0.25, 0.3) is 0 Å². The maximum Gasteiger partial charge on any atom is 0.0802 e. The first kappa shape index (κ1) is 16.2. The minimum atomic E-state index is -0.427. The fourth-order valence-electron chi connectivity index (χ4n) is 1.97. The first-order chi connectivity index (χ1) is 9.08. The number of aryl methyl sites for hydroxylation is 1. The Morgan fingerprint density at radius 3 is 2.47 bits per heavy atom. The van der Waals surface area contributed by atoms with E-state index in [1.807, 2.05) is 37.3 Å². The number of nitrogens with zero attached hydrogens (tertiary/aromatic N) is 1. The third kappa shape index (κ3) is 5.31. The van der Waals surface area contributed by atoms with Crippen molar-refractivity contribution >= 4 is 15.9 Å². The van der Waals surface area contributed by atoms with E-state index in [4.69, 9.17) is 0 Å². The number of halogens is 1. The summed E-state index contributed by atoms with van der Waals surface area (Å²) >= 11 is 3.47. The zero-order valence-electron chi connectivity index (χ0n) is 11.5. The highest BCUT2D eigenvalue weighted by atomic mass is 79.9. The van der Waals surface area contributed by atoms with Crippen molar-refractivity contribution in [3.05, 3.63) is 59.1 Å². The summed E-state index contributed by atoms with van der Waals surface area (Å²) in [6, 6.07) is 5.98. The van der Waals surface area contributed by atoms with Gasteiger partial charge in [-0.2, -0.15) is 0 Å². The molecule has 0 saturated carbocycles. The zero-order valence-corrected chi connectivity index (χ0v) is 13.1. The van der Waals surface area contributed by atoms with Gasteiger partial charge in [-0.3, -0.25) is 4.90 Å². The largest absolute Gasteiger partial charge is 0.388 e. The van der Waals surface area contributed by atoms with Crippen LogP contribution in [-0.2, 0) is 0 Å². The van der Waals surface area contributed by atoms with E-state index in [1.54, 1.807) is 0 Å². The second kappa shape index (κ2) is 8.31. The van der Waals surface area contributed by atoms with E-state index < -0.39 is 6.10 Å². The molecule has 19 heavy (non-hydrogen) atoms. The van der Waals surface area contributed by atoms with E-state index in [0.29, 0.717) is 6.42 Å². The van der Waals surface area contributed by atoms with Gasteiger partial charge in [-0.25, -0.2) is 0 Å². The summed E-state index contributed by atoms with van der Waals surface area (Å²) in [6.07, 6.45) is 4.03. The molecule has 1 unspecified atom stereocenters. The summed E-state index contributed by atoms with van der Waals surface area (Å²) in [5.41, 5.74) is 2.11. The lowest BCUT2D eigenvalue weighted by Gasteiger charge is -2.21. The quantitative estimate of drug-likeness (QED) is 0.734. The van der Waals surface area contributed by atoms with Gasteiger partial charge in [-0.1, -0.05) is 40.2 Å². The molecule has 0 saturated heterocycles. The summed E-state index contributed by atoms with van der Waals surface area (Å²) in [5.74, 6) is 0. The summed E-state index contributed by atoms with van der Waals surface area (Å²) in [6.45, 7) is 12.0. The van der Waals surface area contributed by atoms with Gasteiger partial charge in [0.15, 0.2) is 0 Å². The molecule has 1 aromatic carbocycles. The molecule has 0 aliphatic rings. The van der Waals surface area contributed by atoms with Gasteiger partial charge < -0.3 is 5.11 Å². The number of hydrogen-bond donors (Lipinski definition) is 1. The van der Waals surface area contributed by atoms with Crippen molar-refractivity contribution in [1.82, 2.24) is 4.90 Å². The van der Waals surface area contributed by atoms with E-state index in [2.05, 4.69) is 34.0 Å². The fraction of sp³-hybridized carbons (Fsp3) is 0.375. The van der Waals surface area contributed by atoms with Crippen LogP contribution in [0.3, 0.4) is 0 Å². The van der Waals surface area contributed by atoms with Gasteiger partial charge in [0.05, 0.1) is 6.10 Å². The van der Waals surface area contributed by atoms with Crippen LogP contribution in [0.5, 0.6) is 0 Å². The first-order valence-electron chi connectivity index (χ1n) is 6.46. The standard InChI is InChI=1S/C16H22BrNO/c1-4-9-18(10-5-2)11-8-16(19)14-6-7-15(17)13(3)12-14/h4-7,12,16,19H,1-2,8-11H2,3H3. The Bertz CT molecular complexity index is 421. The van der Waals surface area contributed by atoms with Gasteiger partial charge in [0.1, 0.15) is 0 Å². The Hall–Kier alpha value is -0.900. The predicted molar refractivity (Wildman–Crippen MR) is 85.3 cm³/mol. The minimum absolute atomic E-state index is 0.427. The predicted octanol–water partition coefficient (Wildman–Crippen LogP) is 3.86. The average Bonchev–Trinajstić information content (AvgIpc) is 2.39. The Kier molecular flexibility index (Phi) is 7.06. The molecule has 2 nitrogen and oxygen atoms in total. The van der Waals surface area contributed by atoms with Crippen LogP contribution in [0, 0.1) is 6.92 Å². The molecular weight excluding hydrogens is 302 g/mol. The van der Waals surface area contributed by atoms with Crippen molar-refractivity contribution in [3.8, 4) is 0 Å². The Labute approximate surface area is 124 Å². The molecule has 1 N–H and O–H groups in total. The van der Waals surface area contributed by atoms with Gasteiger partial charge in [0.25, 0.3) is 0 Å². The van der Waals surface area contributed by atoms with Crippen molar-refractivity contribution < 1.29 is 5.11 Å². The van der Waals surface area contributed by atoms with Gasteiger partial charge in [-0.05, 0) is 30.5 Å². The molecule has 0 heterocycles. The average molecular weight is 324 g/mol. The number of hydrogen-bond acceptors (Lipinski definition) is 2. The molecule has 0 aliphatic heterocycles. The highest BCUT2D eigenvalue weighted by Crippen LogP contribution is 2.23. The molecule has 0 fully saturated rings. The maximum absolute atomic E-state index is 10.2. The summed E-state index contributed by atoms with van der Waals surface area (Å²) in [7, 11) is 0. The zero-order chi connectivity index (χ0) is 14.3. The smallest absolute Gasteiger partial charge is 0.0802 e. The monoisotopic (exact) mass is 323 g/mol.